The van der Waals surface area contributed by atoms with Crippen LogP contribution in [0.1, 0.15) is 31.9 Å². The Bertz CT molecular complexity index is 571. The lowest BCUT2D eigenvalue weighted by atomic mass is 9.99. The minimum atomic E-state index is -3.53. The molecule has 1 rings (SSSR count). The van der Waals surface area contributed by atoms with Crippen LogP contribution in [0, 0.1) is 18.8 Å². The molecular weight excluding hydrogens is 340 g/mol. The van der Waals surface area contributed by atoms with Gasteiger partial charge in [-0.15, -0.1) is 0 Å². The summed E-state index contributed by atoms with van der Waals surface area (Å²) in [5.74, 6) is 0.709. The molecule has 0 aromatic heterocycles. The Labute approximate surface area is 130 Å². The number of sulfonamides is 1. The Hall–Kier alpha value is -0.430. The van der Waals surface area contributed by atoms with Crippen LogP contribution in [0.5, 0.6) is 0 Å². The first-order valence-electron chi connectivity index (χ1n) is 6.67. The topological polar surface area (TPSA) is 72.2 Å². The van der Waals surface area contributed by atoms with Gasteiger partial charge < -0.3 is 5.73 Å². The number of nitrogens with two attached hydrogens (primary N) is 1. The van der Waals surface area contributed by atoms with E-state index in [0.717, 1.165) is 11.1 Å². The van der Waals surface area contributed by atoms with Gasteiger partial charge in [-0.2, -0.15) is 0 Å². The average molecular weight is 363 g/mol. The average Bonchev–Trinajstić information content (AvgIpc) is 2.38. The third kappa shape index (κ3) is 4.28. The van der Waals surface area contributed by atoms with Gasteiger partial charge in [-0.3, -0.25) is 0 Å². The van der Waals surface area contributed by atoms with E-state index in [4.69, 9.17) is 5.73 Å². The highest BCUT2D eigenvalue weighted by Crippen LogP contribution is 2.27. The molecular formula is C14H23BrN2O2S. The Kier molecular flexibility index (Phi) is 6.19. The first-order valence-corrected chi connectivity index (χ1v) is 8.95. The quantitative estimate of drug-likeness (QED) is 0.816. The maximum Gasteiger partial charge on any atom is 0.241 e. The van der Waals surface area contributed by atoms with Crippen LogP contribution in [0.3, 0.4) is 0 Å². The maximum absolute atomic E-state index is 12.4. The van der Waals surface area contributed by atoms with E-state index in [1.807, 2.05) is 19.9 Å². The molecule has 0 radical (unpaired) electrons. The van der Waals surface area contributed by atoms with Crippen molar-refractivity contribution in [1.29, 1.82) is 0 Å². The number of halogens is 1. The Morgan fingerprint density at radius 3 is 2.40 bits per heavy atom. The summed E-state index contributed by atoms with van der Waals surface area (Å²) in [6, 6.07) is 3.51. The van der Waals surface area contributed by atoms with Crippen LogP contribution in [0.4, 0.5) is 0 Å². The van der Waals surface area contributed by atoms with Gasteiger partial charge >= 0.3 is 0 Å². The van der Waals surface area contributed by atoms with Crippen LogP contribution in [0.2, 0.25) is 0 Å². The Morgan fingerprint density at radius 1 is 1.30 bits per heavy atom. The van der Waals surface area contributed by atoms with Gasteiger partial charge in [0.15, 0.2) is 0 Å². The van der Waals surface area contributed by atoms with Crippen LogP contribution in [-0.4, -0.2) is 15.0 Å². The zero-order valence-electron chi connectivity index (χ0n) is 12.4. The van der Waals surface area contributed by atoms with E-state index in [2.05, 4.69) is 34.5 Å². The molecule has 1 unspecified atom stereocenters. The van der Waals surface area contributed by atoms with E-state index < -0.39 is 10.0 Å². The van der Waals surface area contributed by atoms with Crippen molar-refractivity contribution < 1.29 is 8.42 Å². The molecule has 0 spiro atoms. The van der Waals surface area contributed by atoms with Crippen LogP contribution < -0.4 is 10.5 Å². The zero-order chi connectivity index (χ0) is 15.5. The van der Waals surface area contributed by atoms with Crippen LogP contribution in [0.25, 0.3) is 0 Å². The molecule has 0 bridgehead atoms. The molecule has 1 aromatic rings. The van der Waals surface area contributed by atoms with E-state index in [-0.39, 0.29) is 10.8 Å². The predicted octanol–water partition coefficient (Wildman–Crippen LogP) is 2.79. The van der Waals surface area contributed by atoms with Gasteiger partial charge in [0, 0.05) is 17.6 Å². The van der Waals surface area contributed by atoms with Gasteiger partial charge in [-0.1, -0.05) is 26.8 Å². The molecule has 1 atom stereocenters. The number of rotatable bonds is 6. The molecule has 114 valence electrons. The largest absolute Gasteiger partial charge is 0.326 e. The normalized spacial score (nSPS) is 13.8. The second-order valence-electron chi connectivity index (χ2n) is 5.50. The van der Waals surface area contributed by atoms with Crippen LogP contribution in [-0.2, 0) is 16.6 Å². The zero-order valence-corrected chi connectivity index (χ0v) is 14.8. The fraction of sp³-hybridized carbons (Fsp3) is 0.571. The summed E-state index contributed by atoms with van der Waals surface area (Å²) in [6.07, 6.45) is 0. The van der Waals surface area contributed by atoms with E-state index in [1.54, 1.807) is 6.07 Å². The fourth-order valence-corrected chi connectivity index (χ4v) is 3.89. The second kappa shape index (κ2) is 7.02. The smallest absolute Gasteiger partial charge is 0.241 e. The summed E-state index contributed by atoms with van der Waals surface area (Å²) in [6.45, 7) is 8.79. The summed E-state index contributed by atoms with van der Waals surface area (Å²) >= 11 is 3.36. The van der Waals surface area contributed by atoms with Crippen molar-refractivity contribution in [2.75, 3.05) is 6.54 Å². The molecule has 6 heteroatoms. The Morgan fingerprint density at radius 2 is 1.90 bits per heavy atom. The van der Waals surface area contributed by atoms with Crippen LogP contribution in [0.15, 0.2) is 21.5 Å². The van der Waals surface area contributed by atoms with Crippen molar-refractivity contribution in [2.24, 2.45) is 17.6 Å². The molecule has 0 saturated heterocycles. The number of aryl methyl sites for hydroxylation is 1. The molecule has 4 nitrogen and oxygen atoms in total. The maximum atomic E-state index is 12.4. The summed E-state index contributed by atoms with van der Waals surface area (Å²) in [5.41, 5.74) is 7.29. The summed E-state index contributed by atoms with van der Waals surface area (Å²) in [5, 5.41) is 0. The highest BCUT2D eigenvalue weighted by atomic mass is 79.9. The summed E-state index contributed by atoms with van der Waals surface area (Å²) in [7, 11) is -3.53. The summed E-state index contributed by atoms with van der Waals surface area (Å²) in [4.78, 5) is 0.258. The molecule has 0 aliphatic carbocycles. The number of nitrogens with one attached hydrogen (secondary N) is 1. The molecule has 0 saturated carbocycles. The lowest BCUT2D eigenvalue weighted by molar-refractivity contribution is 0.414. The van der Waals surface area contributed by atoms with Gasteiger partial charge in [0.2, 0.25) is 10.0 Å². The molecule has 0 fully saturated rings. The van der Waals surface area contributed by atoms with Gasteiger partial charge in [-0.25, -0.2) is 13.1 Å². The van der Waals surface area contributed by atoms with Gasteiger partial charge in [-0.05, 0) is 51.9 Å². The number of hydrogen-bond donors (Lipinski definition) is 2. The Balaban J connectivity index is 3.06. The number of benzene rings is 1. The molecule has 0 heterocycles. The van der Waals surface area contributed by atoms with E-state index >= 15 is 0 Å². The minimum absolute atomic E-state index is 0.258. The molecule has 3 N–H and O–H groups in total. The third-order valence-electron chi connectivity index (χ3n) is 3.54. The third-order valence-corrected chi connectivity index (χ3v) is 6.30. The minimum Gasteiger partial charge on any atom is -0.326 e. The lowest BCUT2D eigenvalue weighted by Gasteiger charge is -2.17. The molecule has 0 aliphatic heterocycles. The lowest BCUT2D eigenvalue weighted by Crippen LogP contribution is -2.30. The number of hydrogen-bond acceptors (Lipinski definition) is 3. The standard InChI is InChI=1S/C14H23BrN2O2S/c1-9(2)11(4)8-17-20(18,19)13-6-12(7-16)5-10(3)14(13)15/h5-6,9,11,17H,7-8,16H2,1-4H3. The second-order valence-corrected chi connectivity index (χ2v) is 8.03. The highest BCUT2D eigenvalue weighted by Gasteiger charge is 2.21. The van der Waals surface area contributed by atoms with Crippen LogP contribution >= 0.6 is 15.9 Å². The molecule has 1 aromatic carbocycles. The molecule has 0 amide bonds. The van der Waals surface area contributed by atoms with Gasteiger partial charge in [0.1, 0.15) is 0 Å². The monoisotopic (exact) mass is 362 g/mol. The van der Waals surface area contributed by atoms with Crippen molar-refractivity contribution in [1.82, 2.24) is 4.72 Å². The van der Waals surface area contributed by atoms with Crippen molar-refractivity contribution >= 4 is 26.0 Å². The molecule has 0 aliphatic rings. The first kappa shape index (κ1) is 17.6. The van der Waals surface area contributed by atoms with Crippen molar-refractivity contribution in [3.63, 3.8) is 0 Å². The fourth-order valence-electron chi connectivity index (χ4n) is 1.68. The summed E-state index contributed by atoms with van der Waals surface area (Å²) < 4.78 is 28.1. The predicted molar refractivity (Wildman–Crippen MR) is 86.0 cm³/mol. The highest BCUT2D eigenvalue weighted by molar-refractivity contribution is 9.10. The van der Waals surface area contributed by atoms with Crippen molar-refractivity contribution in [2.45, 2.75) is 39.1 Å². The SMILES string of the molecule is Cc1cc(CN)cc(S(=O)(=O)NCC(C)C(C)C)c1Br. The van der Waals surface area contributed by atoms with Crippen molar-refractivity contribution in [3.8, 4) is 0 Å². The first-order chi connectivity index (χ1) is 9.19. The molecule has 20 heavy (non-hydrogen) atoms. The van der Waals surface area contributed by atoms with E-state index in [1.165, 1.54) is 0 Å². The van der Waals surface area contributed by atoms with Gasteiger partial charge in [0.05, 0.1) is 4.90 Å². The van der Waals surface area contributed by atoms with Gasteiger partial charge in [0.25, 0.3) is 0 Å². The van der Waals surface area contributed by atoms with E-state index in [9.17, 15) is 8.42 Å². The van der Waals surface area contributed by atoms with E-state index in [0.29, 0.717) is 23.5 Å². The van der Waals surface area contributed by atoms with Crippen molar-refractivity contribution in [3.05, 3.63) is 27.7 Å².